The summed E-state index contributed by atoms with van der Waals surface area (Å²) in [5.41, 5.74) is 3.47. The van der Waals surface area contributed by atoms with E-state index in [1.165, 1.54) is 0 Å². The average molecular weight is 450 g/mol. The van der Waals surface area contributed by atoms with Gasteiger partial charge in [-0.15, -0.1) is 0 Å². The minimum absolute atomic E-state index is 0.243. The van der Waals surface area contributed by atoms with Crippen LogP contribution in [0.5, 0.6) is 0 Å². The fourth-order valence-electron chi connectivity index (χ4n) is 3.43. The van der Waals surface area contributed by atoms with Crippen molar-refractivity contribution in [3.8, 4) is 0 Å². The van der Waals surface area contributed by atoms with Gasteiger partial charge in [0.1, 0.15) is 0 Å². The molecule has 4 rings (SSSR count). The average Bonchev–Trinajstić information content (AvgIpc) is 2.88. The van der Waals surface area contributed by atoms with E-state index in [1.807, 2.05) is 31.2 Å². The highest BCUT2D eigenvalue weighted by atomic mass is 16.5. The Hall–Kier alpha value is -4.51. The molecule has 4 aromatic carbocycles. The first kappa shape index (κ1) is 22.7. The third-order valence-corrected chi connectivity index (χ3v) is 5.32. The second-order valence-electron chi connectivity index (χ2n) is 7.82. The third-order valence-electron chi connectivity index (χ3n) is 5.32. The molecule has 0 saturated heterocycles. The number of ketones is 1. The Bertz CT molecular complexity index is 1280. The number of carbonyl (C=O) groups excluding carboxylic acids is 3. The molecular weight excluding hydrogens is 426 g/mol. The fourth-order valence-corrected chi connectivity index (χ4v) is 3.43. The molecule has 1 amide bonds. The predicted molar refractivity (Wildman–Crippen MR) is 131 cm³/mol. The summed E-state index contributed by atoms with van der Waals surface area (Å²) in [5.74, 6) is -1.18. The summed E-state index contributed by atoms with van der Waals surface area (Å²) in [7, 11) is 0. The number of amides is 1. The summed E-state index contributed by atoms with van der Waals surface area (Å²) in [6, 6.07) is 31.3. The lowest BCUT2D eigenvalue weighted by atomic mass is 10.00. The summed E-state index contributed by atoms with van der Waals surface area (Å²) in [6.07, 6.45) is -1.07. The Balaban J connectivity index is 1.49. The maximum atomic E-state index is 13.1. The third kappa shape index (κ3) is 5.45. The zero-order valence-corrected chi connectivity index (χ0v) is 18.6. The number of benzene rings is 4. The van der Waals surface area contributed by atoms with Crippen LogP contribution in [0.1, 0.15) is 48.3 Å². The van der Waals surface area contributed by atoms with Crippen molar-refractivity contribution >= 4 is 23.3 Å². The molecule has 0 heterocycles. The van der Waals surface area contributed by atoms with Gasteiger partial charge in [0.25, 0.3) is 5.91 Å². The molecule has 5 heteroatoms. The van der Waals surface area contributed by atoms with Crippen molar-refractivity contribution in [3.05, 3.63) is 137 Å². The molecule has 1 N–H and O–H groups in total. The Morgan fingerprint density at radius 2 is 1.21 bits per heavy atom. The molecule has 0 radical (unpaired) electrons. The lowest BCUT2D eigenvalue weighted by Gasteiger charge is -2.17. The largest absolute Gasteiger partial charge is 0.445 e. The maximum Gasteiger partial charge on any atom is 0.339 e. The number of ether oxygens (including phenoxy) is 1. The number of anilines is 1. The van der Waals surface area contributed by atoms with Crippen molar-refractivity contribution in [3.63, 3.8) is 0 Å². The van der Waals surface area contributed by atoms with Gasteiger partial charge < -0.3 is 10.1 Å². The van der Waals surface area contributed by atoms with Crippen molar-refractivity contribution < 1.29 is 19.1 Å². The van der Waals surface area contributed by atoms with E-state index in [2.05, 4.69) is 5.32 Å². The van der Waals surface area contributed by atoms with Gasteiger partial charge in [-0.2, -0.15) is 0 Å². The SMILES string of the molecule is Cc1ccc(C(=O)Nc2ccc(C(=O)O[C@@H](C(=O)c3ccccc3)c3ccccc3)cc2)cc1. The van der Waals surface area contributed by atoms with Crippen LogP contribution in [-0.4, -0.2) is 17.7 Å². The summed E-state index contributed by atoms with van der Waals surface area (Å²) in [5, 5.41) is 2.81. The fraction of sp³-hybridized carbons (Fsp3) is 0.0690. The van der Waals surface area contributed by atoms with Crippen LogP contribution in [0.25, 0.3) is 0 Å². The first-order valence-electron chi connectivity index (χ1n) is 10.8. The molecule has 4 aromatic rings. The van der Waals surface area contributed by atoms with Gasteiger partial charge in [0.2, 0.25) is 5.78 Å². The highest BCUT2D eigenvalue weighted by molar-refractivity contribution is 6.05. The van der Waals surface area contributed by atoms with Gasteiger partial charge in [0, 0.05) is 22.4 Å². The number of carbonyl (C=O) groups is 3. The lowest BCUT2D eigenvalue weighted by molar-refractivity contribution is 0.0280. The number of aryl methyl sites for hydroxylation is 1. The molecule has 0 spiro atoms. The first-order chi connectivity index (χ1) is 16.5. The van der Waals surface area contributed by atoms with Crippen molar-refractivity contribution in [2.45, 2.75) is 13.0 Å². The quantitative estimate of drug-likeness (QED) is 0.276. The van der Waals surface area contributed by atoms with Gasteiger partial charge in [0.05, 0.1) is 5.56 Å². The number of Topliss-reactive ketones (excluding diaryl/α,β-unsaturated/α-hetero) is 1. The predicted octanol–water partition coefficient (Wildman–Crippen LogP) is 6.03. The molecule has 0 fully saturated rings. The molecule has 5 nitrogen and oxygen atoms in total. The minimum atomic E-state index is -1.07. The number of rotatable bonds is 7. The van der Waals surface area contributed by atoms with Crippen LogP contribution in [0.2, 0.25) is 0 Å². The second-order valence-corrected chi connectivity index (χ2v) is 7.82. The van der Waals surface area contributed by atoms with E-state index in [4.69, 9.17) is 4.74 Å². The molecule has 1 atom stereocenters. The molecule has 34 heavy (non-hydrogen) atoms. The zero-order valence-electron chi connectivity index (χ0n) is 18.6. The van der Waals surface area contributed by atoms with Crippen LogP contribution < -0.4 is 5.32 Å². The number of hydrogen-bond acceptors (Lipinski definition) is 4. The Kier molecular flexibility index (Phi) is 6.94. The van der Waals surface area contributed by atoms with E-state index in [-0.39, 0.29) is 17.3 Å². The van der Waals surface area contributed by atoms with Crippen LogP contribution >= 0.6 is 0 Å². The van der Waals surface area contributed by atoms with Crippen molar-refractivity contribution in [1.29, 1.82) is 0 Å². The molecule has 0 bridgehead atoms. The van der Waals surface area contributed by atoms with Crippen LogP contribution in [0.4, 0.5) is 5.69 Å². The molecule has 0 aliphatic rings. The first-order valence-corrected chi connectivity index (χ1v) is 10.8. The summed E-state index contributed by atoms with van der Waals surface area (Å²) in [6.45, 7) is 1.95. The highest BCUT2D eigenvalue weighted by Gasteiger charge is 2.26. The van der Waals surface area contributed by atoms with E-state index in [0.29, 0.717) is 22.4 Å². The van der Waals surface area contributed by atoms with Gasteiger partial charge >= 0.3 is 5.97 Å². The van der Waals surface area contributed by atoms with Crippen molar-refractivity contribution in [2.75, 3.05) is 5.32 Å². The Morgan fingerprint density at radius 3 is 1.82 bits per heavy atom. The van der Waals surface area contributed by atoms with Crippen molar-refractivity contribution in [2.24, 2.45) is 0 Å². The van der Waals surface area contributed by atoms with E-state index in [9.17, 15) is 14.4 Å². The van der Waals surface area contributed by atoms with E-state index in [1.54, 1.807) is 84.9 Å². The second kappa shape index (κ2) is 10.4. The maximum absolute atomic E-state index is 13.1. The van der Waals surface area contributed by atoms with Gasteiger partial charge in [-0.1, -0.05) is 78.4 Å². The van der Waals surface area contributed by atoms with Crippen LogP contribution in [0, 0.1) is 6.92 Å². The number of esters is 1. The number of hydrogen-bond donors (Lipinski definition) is 1. The van der Waals surface area contributed by atoms with Crippen LogP contribution in [0.15, 0.2) is 109 Å². The normalized spacial score (nSPS) is 11.3. The van der Waals surface area contributed by atoms with Crippen molar-refractivity contribution in [1.82, 2.24) is 0 Å². The zero-order chi connectivity index (χ0) is 23.9. The molecule has 0 saturated carbocycles. The van der Waals surface area contributed by atoms with E-state index >= 15 is 0 Å². The molecule has 0 unspecified atom stereocenters. The molecule has 0 aliphatic carbocycles. The van der Waals surface area contributed by atoms with E-state index < -0.39 is 12.1 Å². The topological polar surface area (TPSA) is 72.5 Å². The van der Waals surface area contributed by atoms with Gasteiger partial charge in [-0.05, 0) is 43.3 Å². The molecule has 0 aliphatic heterocycles. The number of nitrogens with one attached hydrogen (secondary N) is 1. The summed E-state index contributed by atoms with van der Waals surface area (Å²) in [4.78, 5) is 38.4. The summed E-state index contributed by atoms with van der Waals surface area (Å²) >= 11 is 0. The minimum Gasteiger partial charge on any atom is -0.445 e. The van der Waals surface area contributed by atoms with Gasteiger partial charge in [-0.25, -0.2) is 4.79 Å². The Morgan fingerprint density at radius 1 is 0.647 bits per heavy atom. The van der Waals surface area contributed by atoms with Gasteiger partial charge in [-0.3, -0.25) is 9.59 Å². The smallest absolute Gasteiger partial charge is 0.339 e. The van der Waals surface area contributed by atoms with Crippen LogP contribution in [-0.2, 0) is 4.74 Å². The molecular formula is C29H23NO4. The van der Waals surface area contributed by atoms with E-state index in [0.717, 1.165) is 5.56 Å². The molecule has 168 valence electrons. The monoisotopic (exact) mass is 449 g/mol. The van der Waals surface area contributed by atoms with Gasteiger partial charge in [0.15, 0.2) is 6.10 Å². The van der Waals surface area contributed by atoms with Crippen LogP contribution in [0.3, 0.4) is 0 Å². The molecule has 0 aromatic heterocycles. The standard InChI is InChI=1S/C29H23NO4/c1-20-12-14-23(15-13-20)28(32)30-25-18-16-24(17-19-25)29(33)34-27(22-10-6-3-7-11-22)26(31)21-8-4-2-5-9-21/h2-19,27H,1H3,(H,30,32)/t27-/m1/s1. The lowest BCUT2D eigenvalue weighted by Crippen LogP contribution is -2.20. The summed E-state index contributed by atoms with van der Waals surface area (Å²) < 4.78 is 5.66. The Labute approximate surface area is 198 Å². The highest BCUT2D eigenvalue weighted by Crippen LogP contribution is 2.24.